The zero-order valence-electron chi connectivity index (χ0n) is 11.0. The lowest BCUT2D eigenvalue weighted by Crippen LogP contribution is -2.26. The van der Waals surface area contributed by atoms with Gasteiger partial charge in [0.25, 0.3) is 5.91 Å². The lowest BCUT2D eigenvalue weighted by Gasteiger charge is -2.13. The Labute approximate surface area is 129 Å². The van der Waals surface area contributed by atoms with E-state index in [4.69, 9.17) is 5.73 Å². The van der Waals surface area contributed by atoms with Crippen LogP contribution in [0.5, 0.6) is 0 Å². The highest BCUT2D eigenvalue weighted by Crippen LogP contribution is 2.25. The van der Waals surface area contributed by atoms with E-state index in [1.165, 1.54) is 17.0 Å². The van der Waals surface area contributed by atoms with Crippen LogP contribution in [0.1, 0.15) is 33.1 Å². The van der Waals surface area contributed by atoms with E-state index in [2.05, 4.69) is 21.2 Å². The Bertz CT molecular complexity index is 657. The molecule has 2 rings (SSSR count). The molecule has 0 aliphatic carbocycles. The topological polar surface area (TPSA) is 55.1 Å². The average molecular weight is 357 g/mol. The fourth-order valence-corrected chi connectivity index (χ4v) is 3.15. The highest BCUT2D eigenvalue weighted by Gasteiger charge is 2.17. The maximum atomic E-state index is 13.3. The molecule has 0 aliphatic rings. The molecule has 1 heterocycles. The van der Waals surface area contributed by atoms with E-state index in [9.17, 15) is 9.18 Å². The van der Waals surface area contributed by atoms with Gasteiger partial charge in [-0.2, -0.15) is 0 Å². The average Bonchev–Trinajstić information content (AvgIpc) is 2.80. The van der Waals surface area contributed by atoms with Crippen LogP contribution < -0.4 is 11.1 Å². The predicted molar refractivity (Wildman–Crippen MR) is 83.4 cm³/mol. The summed E-state index contributed by atoms with van der Waals surface area (Å²) in [6.07, 6.45) is 0. The Hall–Kier alpha value is -1.40. The van der Waals surface area contributed by atoms with Crippen LogP contribution in [0.15, 0.2) is 28.7 Å². The van der Waals surface area contributed by atoms with E-state index >= 15 is 0 Å². The second-order valence-electron chi connectivity index (χ2n) is 4.50. The van der Waals surface area contributed by atoms with Gasteiger partial charge in [-0.05, 0) is 54.0 Å². The number of nitrogens with two attached hydrogens (primary N) is 1. The van der Waals surface area contributed by atoms with Crippen molar-refractivity contribution in [1.82, 2.24) is 5.32 Å². The zero-order valence-corrected chi connectivity index (χ0v) is 13.4. The van der Waals surface area contributed by atoms with Gasteiger partial charge in [-0.15, -0.1) is 11.3 Å². The number of amides is 1. The van der Waals surface area contributed by atoms with Crippen LogP contribution >= 0.6 is 27.3 Å². The molecule has 1 unspecified atom stereocenters. The minimum Gasteiger partial charge on any atom is -0.396 e. The highest BCUT2D eigenvalue weighted by molar-refractivity contribution is 9.10. The minimum absolute atomic E-state index is 0.0435. The lowest BCUT2D eigenvalue weighted by molar-refractivity contribution is 0.0939. The molecule has 0 aliphatic heterocycles. The van der Waals surface area contributed by atoms with Crippen LogP contribution in [0.2, 0.25) is 0 Å². The first-order chi connectivity index (χ1) is 9.38. The largest absolute Gasteiger partial charge is 0.396 e. The number of anilines is 1. The van der Waals surface area contributed by atoms with Gasteiger partial charge < -0.3 is 11.1 Å². The number of carbonyl (C=O) groups excluding carboxylic acids is 1. The number of hydrogen-bond acceptors (Lipinski definition) is 3. The fraction of sp³-hybridized carbons (Fsp3) is 0.214. The molecule has 106 valence electrons. The number of nitrogen functional groups attached to an aromatic ring is 1. The number of thiophene rings is 1. The molecule has 2 aromatic rings. The van der Waals surface area contributed by atoms with E-state index < -0.39 is 5.82 Å². The Morgan fingerprint density at radius 1 is 1.45 bits per heavy atom. The summed E-state index contributed by atoms with van der Waals surface area (Å²) >= 11 is 4.81. The van der Waals surface area contributed by atoms with Crippen LogP contribution in [0, 0.1) is 12.7 Å². The number of benzene rings is 1. The highest BCUT2D eigenvalue weighted by atomic mass is 79.9. The quantitative estimate of drug-likeness (QED) is 0.815. The molecule has 0 saturated heterocycles. The Kier molecular flexibility index (Phi) is 4.45. The van der Waals surface area contributed by atoms with E-state index in [0.717, 1.165) is 4.88 Å². The van der Waals surface area contributed by atoms with E-state index in [1.54, 1.807) is 11.3 Å². The summed E-state index contributed by atoms with van der Waals surface area (Å²) in [5.74, 6) is -0.836. The molecular weight excluding hydrogens is 343 g/mol. The van der Waals surface area contributed by atoms with E-state index in [-0.39, 0.29) is 17.6 Å². The van der Waals surface area contributed by atoms with Gasteiger partial charge in [0.05, 0.1) is 17.3 Å². The first-order valence-corrected chi connectivity index (χ1v) is 7.61. The molecule has 20 heavy (non-hydrogen) atoms. The van der Waals surface area contributed by atoms with Crippen molar-refractivity contribution >= 4 is 38.9 Å². The molecule has 0 radical (unpaired) electrons. The lowest BCUT2D eigenvalue weighted by atomic mass is 10.1. The number of carbonyl (C=O) groups is 1. The number of nitrogens with one attached hydrogen (secondary N) is 1. The van der Waals surface area contributed by atoms with E-state index in [0.29, 0.717) is 10.0 Å². The van der Waals surface area contributed by atoms with Crippen LogP contribution in [0.4, 0.5) is 10.1 Å². The van der Waals surface area contributed by atoms with Crippen molar-refractivity contribution in [3.63, 3.8) is 0 Å². The molecule has 1 aromatic carbocycles. The Morgan fingerprint density at radius 2 is 2.15 bits per heavy atom. The zero-order chi connectivity index (χ0) is 14.9. The Morgan fingerprint density at radius 3 is 2.75 bits per heavy atom. The number of halogens is 2. The third-order valence-corrected chi connectivity index (χ3v) is 4.71. The molecule has 0 fully saturated rings. The van der Waals surface area contributed by atoms with Gasteiger partial charge in [-0.3, -0.25) is 4.79 Å². The van der Waals surface area contributed by atoms with Crippen molar-refractivity contribution in [3.05, 3.63) is 49.9 Å². The van der Waals surface area contributed by atoms with Gasteiger partial charge >= 0.3 is 0 Å². The third kappa shape index (κ3) is 3.19. The first kappa shape index (κ1) is 15.0. The molecule has 1 amide bonds. The summed E-state index contributed by atoms with van der Waals surface area (Å²) in [5, 5.41) is 2.88. The molecule has 3 N–H and O–H groups in total. The number of hydrogen-bond donors (Lipinski definition) is 2. The van der Waals surface area contributed by atoms with Crippen molar-refractivity contribution in [3.8, 4) is 0 Å². The molecule has 0 bridgehead atoms. The number of aryl methyl sites for hydroxylation is 1. The SMILES string of the molecule is Cc1ccc(C(C)NC(=O)c2cc(N)c(F)cc2Br)s1. The van der Waals surface area contributed by atoms with Gasteiger partial charge in [-0.1, -0.05) is 0 Å². The van der Waals surface area contributed by atoms with Crippen LogP contribution in [-0.4, -0.2) is 5.91 Å². The van der Waals surface area contributed by atoms with Crippen molar-refractivity contribution in [2.45, 2.75) is 19.9 Å². The molecule has 1 atom stereocenters. The van der Waals surface area contributed by atoms with Gasteiger partial charge in [0.15, 0.2) is 0 Å². The monoisotopic (exact) mass is 356 g/mol. The van der Waals surface area contributed by atoms with Gasteiger partial charge in [0.2, 0.25) is 0 Å². The maximum absolute atomic E-state index is 13.3. The molecular formula is C14H14BrFN2OS. The molecule has 0 saturated carbocycles. The summed E-state index contributed by atoms with van der Waals surface area (Å²) in [6.45, 7) is 3.92. The molecule has 3 nitrogen and oxygen atoms in total. The third-order valence-electron chi connectivity index (χ3n) is 2.87. The van der Waals surface area contributed by atoms with Crippen LogP contribution in [0.3, 0.4) is 0 Å². The van der Waals surface area contributed by atoms with Crippen LogP contribution in [0.25, 0.3) is 0 Å². The van der Waals surface area contributed by atoms with Gasteiger partial charge in [0.1, 0.15) is 5.82 Å². The second kappa shape index (κ2) is 5.93. The number of rotatable bonds is 3. The Balaban J connectivity index is 2.18. The van der Waals surface area contributed by atoms with Crippen molar-refractivity contribution in [2.24, 2.45) is 0 Å². The summed E-state index contributed by atoms with van der Waals surface area (Å²) in [5.41, 5.74) is 5.78. The normalized spacial score (nSPS) is 12.2. The molecule has 1 aromatic heterocycles. The van der Waals surface area contributed by atoms with Crippen molar-refractivity contribution < 1.29 is 9.18 Å². The first-order valence-electron chi connectivity index (χ1n) is 6.00. The summed E-state index contributed by atoms with van der Waals surface area (Å²) < 4.78 is 13.7. The van der Waals surface area contributed by atoms with Gasteiger partial charge in [0, 0.05) is 14.2 Å². The van der Waals surface area contributed by atoms with Gasteiger partial charge in [-0.25, -0.2) is 4.39 Å². The summed E-state index contributed by atoms with van der Waals surface area (Å²) in [6, 6.07) is 6.41. The van der Waals surface area contributed by atoms with Crippen molar-refractivity contribution in [1.29, 1.82) is 0 Å². The van der Waals surface area contributed by atoms with Crippen LogP contribution in [-0.2, 0) is 0 Å². The predicted octanol–water partition coefficient (Wildman–Crippen LogP) is 4.03. The maximum Gasteiger partial charge on any atom is 0.253 e. The standard InChI is InChI=1S/C14H14BrFN2OS/c1-7-3-4-13(20-7)8(2)18-14(19)9-5-12(17)11(16)6-10(9)15/h3-6,8H,17H2,1-2H3,(H,18,19). The second-order valence-corrected chi connectivity index (χ2v) is 6.67. The molecule has 6 heteroatoms. The fourth-order valence-electron chi connectivity index (χ4n) is 1.77. The summed E-state index contributed by atoms with van der Waals surface area (Å²) in [7, 11) is 0. The minimum atomic E-state index is -0.546. The van der Waals surface area contributed by atoms with Crippen molar-refractivity contribution in [2.75, 3.05) is 5.73 Å². The summed E-state index contributed by atoms with van der Waals surface area (Å²) in [4.78, 5) is 14.5. The smallest absolute Gasteiger partial charge is 0.253 e. The molecule has 0 spiro atoms. The van der Waals surface area contributed by atoms with E-state index in [1.807, 2.05) is 26.0 Å².